The van der Waals surface area contributed by atoms with E-state index in [4.69, 9.17) is 14.6 Å². The van der Waals surface area contributed by atoms with E-state index in [1.54, 1.807) is 42.6 Å². The summed E-state index contributed by atoms with van der Waals surface area (Å²) in [5.41, 5.74) is 1.23. The van der Waals surface area contributed by atoms with Crippen molar-refractivity contribution >= 4 is 22.1 Å². The molecule has 165 valence electrons. The molecular formula is C22H26N3O5S. The number of aliphatic hydroxyl groups excluding tert-OH is 1. The number of hydrogen-bond acceptors (Lipinski definition) is 7. The van der Waals surface area contributed by atoms with Gasteiger partial charge in [-0.1, -0.05) is 19.9 Å². The van der Waals surface area contributed by atoms with Crippen molar-refractivity contribution in [3.05, 3.63) is 53.6 Å². The van der Waals surface area contributed by atoms with Crippen LogP contribution in [0.5, 0.6) is 11.5 Å². The summed E-state index contributed by atoms with van der Waals surface area (Å²) in [4.78, 5) is 0.122. The molecule has 0 amide bonds. The minimum atomic E-state index is -3.82. The highest BCUT2D eigenvalue weighted by Crippen LogP contribution is 2.31. The molecule has 31 heavy (non-hydrogen) atoms. The normalized spacial score (nSPS) is 14.5. The molecule has 0 saturated heterocycles. The average molecular weight is 445 g/mol. The summed E-state index contributed by atoms with van der Waals surface area (Å²) in [5, 5.41) is 15.1. The zero-order valence-corrected chi connectivity index (χ0v) is 18.6. The van der Waals surface area contributed by atoms with Crippen LogP contribution < -0.4 is 9.47 Å². The lowest BCUT2D eigenvalue weighted by atomic mass is 10.1. The summed E-state index contributed by atoms with van der Waals surface area (Å²) in [6.07, 6.45) is 2.12. The Morgan fingerprint density at radius 1 is 1.29 bits per heavy atom. The number of hydrogen-bond donors (Lipinski definition) is 1. The first-order chi connectivity index (χ1) is 14.8. The molecule has 8 nitrogen and oxygen atoms in total. The summed E-state index contributed by atoms with van der Waals surface area (Å²) >= 11 is 0. The van der Waals surface area contributed by atoms with Crippen molar-refractivity contribution in [2.45, 2.75) is 25.2 Å². The number of fused-ring (bicyclic) bond motifs is 1. The predicted molar refractivity (Wildman–Crippen MR) is 118 cm³/mol. The number of methoxy groups -OCH3 is 1. The standard InChI is InChI=1S/C22H26N3O5S/c1-16(2)15-25(23-14-17-6-4-7-18(12-17)29-3)22-20-13-19(30-11-5-10-26)8-9-21(20)31(27,28)24-22/h4,6,8-9,12-14,16,26H,5,10-11,15H2,1-3H3/b23-14+. The highest BCUT2D eigenvalue weighted by atomic mass is 32.2. The van der Waals surface area contributed by atoms with Gasteiger partial charge in [-0.05, 0) is 41.8 Å². The van der Waals surface area contributed by atoms with E-state index in [-0.39, 0.29) is 23.3 Å². The van der Waals surface area contributed by atoms with Crippen molar-refractivity contribution in [3.8, 4) is 11.5 Å². The van der Waals surface area contributed by atoms with Gasteiger partial charge in [0.15, 0.2) is 5.84 Å². The number of nitrogens with zero attached hydrogens (tertiary/aromatic N) is 3. The molecule has 2 aromatic rings. The number of sulfonamides is 1. The molecule has 1 aliphatic heterocycles. The van der Waals surface area contributed by atoms with E-state index < -0.39 is 10.0 Å². The molecule has 0 bridgehead atoms. The van der Waals surface area contributed by atoms with E-state index in [1.807, 2.05) is 19.9 Å². The Morgan fingerprint density at radius 3 is 2.81 bits per heavy atom. The largest absolute Gasteiger partial charge is 0.496 e. The summed E-state index contributed by atoms with van der Waals surface area (Å²) in [5.74, 6) is 1.54. The topological polar surface area (TPSA) is 101 Å². The van der Waals surface area contributed by atoms with Gasteiger partial charge in [0.05, 0.1) is 19.9 Å². The minimum Gasteiger partial charge on any atom is -0.496 e. The number of benzene rings is 2. The monoisotopic (exact) mass is 444 g/mol. The summed E-state index contributed by atoms with van der Waals surface area (Å²) in [6.45, 7) is 4.85. The molecule has 1 radical (unpaired) electrons. The van der Waals surface area contributed by atoms with Crippen LogP contribution in [0.25, 0.3) is 0 Å². The van der Waals surface area contributed by atoms with Crippen LogP contribution in [-0.2, 0) is 10.0 Å². The van der Waals surface area contributed by atoms with Crippen LogP contribution in [-0.4, -0.2) is 57.5 Å². The first-order valence-electron chi connectivity index (χ1n) is 9.94. The Bertz CT molecular complexity index is 1080. The van der Waals surface area contributed by atoms with Gasteiger partial charge in [0.1, 0.15) is 16.4 Å². The molecule has 0 unspecified atom stereocenters. The van der Waals surface area contributed by atoms with Crippen LogP contribution in [0, 0.1) is 12.0 Å². The van der Waals surface area contributed by atoms with E-state index in [0.717, 1.165) is 5.56 Å². The Kier molecular flexibility index (Phi) is 7.29. The highest BCUT2D eigenvalue weighted by Gasteiger charge is 2.32. The molecule has 1 aliphatic rings. The van der Waals surface area contributed by atoms with Crippen molar-refractivity contribution in [2.24, 2.45) is 15.4 Å². The fourth-order valence-electron chi connectivity index (χ4n) is 2.98. The van der Waals surface area contributed by atoms with Crippen molar-refractivity contribution in [1.29, 1.82) is 0 Å². The first kappa shape index (κ1) is 22.8. The third kappa shape index (κ3) is 5.62. The first-order valence-corrected chi connectivity index (χ1v) is 11.4. The molecule has 0 aliphatic carbocycles. The van der Waals surface area contributed by atoms with Crippen molar-refractivity contribution in [2.75, 3.05) is 26.9 Å². The second-order valence-electron chi connectivity index (χ2n) is 7.38. The number of hydrazone groups is 1. The molecular weight excluding hydrogens is 418 g/mol. The van der Waals surface area contributed by atoms with Gasteiger partial charge in [-0.15, -0.1) is 4.40 Å². The van der Waals surface area contributed by atoms with Crippen LogP contribution >= 0.6 is 0 Å². The maximum atomic E-state index is 12.6. The molecule has 0 aromatic heterocycles. The summed E-state index contributed by atoms with van der Waals surface area (Å²) in [7, 11) is -2.26. The van der Waals surface area contributed by atoms with Gasteiger partial charge in [0, 0.05) is 31.2 Å². The Morgan fingerprint density at radius 2 is 2.10 bits per heavy atom. The molecule has 1 heterocycles. The molecule has 0 fully saturated rings. The molecule has 3 rings (SSSR count). The second kappa shape index (κ2) is 9.93. The Labute approximate surface area is 182 Å². The third-order valence-electron chi connectivity index (χ3n) is 4.40. The molecule has 1 N–H and O–H groups in total. The maximum absolute atomic E-state index is 12.6. The quantitative estimate of drug-likeness (QED) is 0.363. The number of rotatable bonds is 9. The van der Waals surface area contributed by atoms with Gasteiger partial charge in [-0.3, -0.25) is 0 Å². The predicted octanol–water partition coefficient (Wildman–Crippen LogP) is 2.70. The van der Waals surface area contributed by atoms with Crippen LogP contribution in [0.4, 0.5) is 0 Å². The Hall–Kier alpha value is -2.91. The average Bonchev–Trinajstić information content (AvgIpc) is 3.01. The van der Waals surface area contributed by atoms with Crippen LogP contribution in [0.3, 0.4) is 0 Å². The second-order valence-corrected chi connectivity index (χ2v) is 8.96. The van der Waals surface area contributed by atoms with Crippen LogP contribution in [0.2, 0.25) is 0 Å². The molecule has 0 saturated carbocycles. The number of ether oxygens (including phenoxy) is 2. The van der Waals surface area contributed by atoms with Gasteiger partial charge in [-0.2, -0.15) is 13.5 Å². The number of aliphatic hydroxyl groups is 1. The summed E-state index contributed by atoms with van der Waals surface area (Å²) < 4.78 is 40.1. The van der Waals surface area contributed by atoms with E-state index >= 15 is 0 Å². The SMILES string of the molecule is COc1[c]ccc(/C=N/N(CC(C)C)C2=NS(=O)(=O)c3ccc(OCCCO)cc32)c1. The van der Waals surface area contributed by atoms with Crippen molar-refractivity contribution in [1.82, 2.24) is 5.01 Å². The van der Waals surface area contributed by atoms with Crippen molar-refractivity contribution in [3.63, 3.8) is 0 Å². The molecule has 0 spiro atoms. The molecule has 9 heteroatoms. The summed E-state index contributed by atoms with van der Waals surface area (Å²) in [6, 6.07) is 13.0. The van der Waals surface area contributed by atoms with Gasteiger partial charge in [0.2, 0.25) is 0 Å². The van der Waals surface area contributed by atoms with Crippen molar-refractivity contribution < 1.29 is 23.0 Å². The van der Waals surface area contributed by atoms with Gasteiger partial charge < -0.3 is 14.6 Å². The lowest BCUT2D eigenvalue weighted by Gasteiger charge is -2.21. The van der Waals surface area contributed by atoms with Gasteiger partial charge >= 0.3 is 0 Å². The van der Waals surface area contributed by atoms with Crippen LogP contribution in [0.15, 0.2) is 50.8 Å². The highest BCUT2D eigenvalue weighted by molar-refractivity contribution is 7.90. The van der Waals surface area contributed by atoms with E-state index in [2.05, 4.69) is 15.6 Å². The minimum absolute atomic E-state index is 0.0188. The molecule has 0 atom stereocenters. The fraction of sp³-hybridized carbons (Fsp3) is 0.364. The van der Waals surface area contributed by atoms with E-state index in [9.17, 15) is 8.42 Å². The van der Waals surface area contributed by atoms with Gasteiger partial charge in [0.25, 0.3) is 10.0 Å². The third-order valence-corrected chi connectivity index (χ3v) is 5.72. The Balaban J connectivity index is 1.96. The van der Waals surface area contributed by atoms with Crippen LogP contribution in [0.1, 0.15) is 31.4 Å². The van der Waals surface area contributed by atoms with E-state index in [1.165, 1.54) is 6.07 Å². The lowest BCUT2D eigenvalue weighted by Crippen LogP contribution is -2.29. The fourth-order valence-corrected chi connectivity index (χ4v) is 4.17. The van der Waals surface area contributed by atoms with Gasteiger partial charge in [-0.25, -0.2) is 5.01 Å². The maximum Gasteiger partial charge on any atom is 0.285 e. The zero-order chi connectivity index (χ0) is 22.4. The number of amidine groups is 1. The van der Waals surface area contributed by atoms with E-state index in [0.29, 0.717) is 36.6 Å². The smallest absolute Gasteiger partial charge is 0.285 e. The lowest BCUT2D eigenvalue weighted by molar-refractivity contribution is 0.233. The zero-order valence-electron chi connectivity index (χ0n) is 17.8. The molecule has 2 aromatic carbocycles.